The van der Waals surface area contributed by atoms with Gasteiger partial charge in [0.05, 0.1) is 22.9 Å². The molecule has 2 fully saturated rings. The number of sulfonamides is 1. The molecular formula is C21H30N6O6S. The molecule has 2 aliphatic heterocycles. The lowest BCUT2D eigenvalue weighted by Gasteiger charge is -2.41. The van der Waals surface area contributed by atoms with Crippen LogP contribution in [0.25, 0.3) is 10.9 Å². The van der Waals surface area contributed by atoms with Crippen LogP contribution in [-0.4, -0.2) is 94.7 Å². The lowest BCUT2D eigenvalue weighted by molar-refractivity contribution is -0.141. The van der Waals surface area contributed by atoms with Crippen molar-refractivity contribution >= 4 is 38.6 Å². The Labute approximate surface area is 197 Å². The molecule has 3 N–H and O–H groups in total. The fraction of sp³-hybridized carbons (Fsp3) is 0.571. The van der Waals surface area contributed by atoms with Gasteiger partial charge in [0.1, 0.15) is 0 Å². The van der Waals surface area contributed by atoms with Crippen LogP contribution in [0.15, 0.2) is 24.4 Å². The largest absolute Gasteiger partial charge is 0.465 e. The number of hydrogen-bond acceptors (Lipinski definition) is 7. The van der Waals surface area contributed by atoms with E-state index in [2.05, 4.69) is 16.1 Å². The Morgan fingerprint density at radius 1 is 1.12 bits per heavy atom. The maximum atomic E-state index is 13.3. The molecule has 2 aliphatic rings. The SMILES string of the molecule is CCn1ncc2ccc(N3CCN(S(=O)(=O)CC4(C(=O)NO)CCN(C(=O)O)CC4)CC3)cc21. The molecule has 1 aromatic heterocycles. The first-order valence-electron chi connectivity index (χ1n) is 11.3. The van der Waals surface area contributed by atoms with Crippen molar-refractivity contribution in [1.82, 2.24) is 24.5 Å². The molecule has 0 unspecified atom stereocenters. The van der Waals surface area contributed by atoms with E-state index < -0.39 is 33.2 Å². The maximum Gasteiger partial charge on any atom is 0.407 e. The number of carboxylic acid groups (broad SMARTS) is 1. The maximum absolute atomic E-state index is 13.3. The quantitative estimate of drug-likeness (QED) is 0.394. The molecule has 1 aromatic carbocycles. The molecule has 13 heteroatoms. The number of piperazine rings is 1. The van der Waals surface area contributed by atoms with Crippen molar-refractivity contribution in [2.45, 2.75) is 26.3 Å². The summed E-state index contributed by atoms with van der Waals surface area (Å²) in [6, 6.07) is 6.07. The average molecular weight is 495 g/mol. The fourth-order valence-electron chi connectivity index (χ4n) is 4.85. The van der Waals surface area contributed by atoms with Crippen molar-refractivity contribution in [2.24, 2.45) is 5.41 Å². The molecule has 2 aromatic rings. The minimum Gasteiger partial charge on any atom is -0.465 e. The van der Waals surface area contributed by atoms with E-state index in [0.717, 1.165) is 28.0 Å². The molecular weight excluding hydrogens is 464 g/mol. The number of rotatable bonds is 6. The standard InChI is InChI=1S/C21H30N6O6S/c1-2-27-18-13-17(4-3-16(18)14-22-27)24-9-11-26(12-10-24)34(32,33)15-21(19(28)23-31)5-7-25(8-6-21)20(29)30/h3-4,13-14,31H,2,5-12,15H2,1H3,(H,23,28)(H,29,30). The normalized spacial score (nSPS) is 19.4. The second-order valence-electron chi connectivity index (χ2n) is 8.84. The Morgan fingerprint density at radius 3 is 2.38 bits per heavy atom. The zero-order valence-corrected chi connectivity index (χ0v) is 19.9. The molecule has 34 heavy (non-hydrogen) atoms. The van der Waals surface area contributed by atoms with Gasteiger partial charge in [0.25, 0.3) is 5.91 Å². The summed E-state index contributed by atoms with van der Waals surface area (Å²) in [7, 11) is -3.82. The van der Waals surface area contributed by atoms with Crippen molar-refractivity contribution in [1.29, 1.82) is 0 Å². The van der Waals surface area contributed by atoms with Crippen molar-refractivity contribution in [3.63, 3.8) is 0 Å². The van der Waals surface area contributed by atoms with Gasteiger partial charge < -0.3 is 14.9 Å². The average Bonchev–Trinajstić information content (AvgIpc) is 3.26. The highest BCUT2D eigenvalue weighted by atomic mass is 32.2. The number of piperidine rings is 1. The first-order chi connectivity index (χ1) is 16.2. The summed E-state index contributed by atoms with van der Waals surface area (Å²) in [4.78, 5) is 27.0. The van der Waals surface area contributed by atoms with Gasteiger partial charge in [-0.05, 0) is 38.0 Å². The van der Waals surface area contributed by atoms with Crippen LogP contribution in [0.3, 0.4) is 0 Å². The highest BCUT2D eigenvalue weighted by Crippen LogP contribution is 2.35. The summed E-state index contributed by atoms with van der Waals surface area (Å²) in [5, 5.41) is 23.8. The van der Waals surface area contributed by atoms with E-state index in [4.69, 9.17) is 0 Å². The minimum absolute atomic E-state index is 0.0238. The van der Waals surface area contributed by atoms with Crippen molar-refractivity contribution in [3.8, 4) is 0 Å². The van der Waals surface area contributed by atoms with E-state index in [0.29, 0.717) is 13.1 Å². The lowest BCUT2D eigenvalue weighted by atomic mass is 9.79. The van der Waals surface area contributed by atoms with Gasteiger partial charge in [0.2, 0.25) is 10.0 Å². The number of benzene rings is 1. The molecule has 0 bridgehead atoms. The molecule has 0 aliphatic carbocycles. The molecule has 3 heterocycles. The molecule has 12 nitrogen and oxygen atoms in total. The number of aromatic nitrogens is 2. The van der Waals surface area contributed by atoms with E-state index in [9.17, 15) is 28.3 Å². The number of hydroxylamine groups is 1. The van der Waals surface area contributed by atoms with Crippen molar-refractivity contribution < 1.29 is 28.3 Å². The smallest absolute Gasteiger partial charge is 0.407 e. The predicted molar refractivity (Wildman–Crippen MR) is 124 cm³/mol. The van der Waals surface area contributed by atoms with Crippen LogP contribution in [0.4, 0.5) is 10.5 Å². The number of nitrogens with zero attached hydrogens (tertiary/aromatic N) is 5. The molecule has 0 radical (unpaired) electrons. The van der Waals surface area contributed by atoms with Crippen molar-refractivity contribution in [3.05, 3.63) is 24.4 Å². The lowest BCUT2D eigenvalue weighted by Crippen LogP contribution is -2.56. The van der Waals surface area contributed by atoms with Gasteiger partial charge in [0, 0.05) is 56.9 Å². The van der Waals surface area contributed by atoms with Crippen LogP contribution in [0.2, 0.25) is 0 Å². The first kappa shape index (κ1) is 24.2. The Bertz CT molecular complexity index is 1170. The number of nitrogens with one attached hydrogen (secondary N) is 1. The Balaban J connectivity index is 1.44. The second-order valence-corrected chi connectivity index (χ2v) is 10.8. The van der Waals surface area contributed by atoms with Gasteiger partial charge in [-0.3, -0.25) is 14.7 Å². The first-order valence-corrected chi connectivity index (χ1v) is 12.9. The minimum atomic E-state index is -3.82. The third-order valence-corrected chi connectivity index (χ3v) is 9.03. The Morgan fingerprint density at radius 2 is 1.79 bits per heavy atom. The van der Waals surface area contributed by atoms with E-state index in [1.807, 2.05) is 29.9 Å². The summed E-state index contributed by atoms with van der Waals surface area (Å²) >= 11 is 0. The summed E-state index contributed by atoms with van der Waals surface area (Å²) in [5.41, 5.74) is 2.24. The van der Waals surface area contributed by atoms with Gasteiger partial charge >= 0.3 is 6.09 Å². The molecule has 0 spiro atoms. The van der Waals surface area contributed by atoms with Crippen LogP contribution in [0.1, 0.15) is 19.8 Å². The number of likely N-dealkylation sites (tertiary alicyclic amines) is 1. The van der Waals surface area contributed by atoms with Crippen LogP contribution < -0.4 is 10.4 Å². The van der Waals surface area contributed by atoms with E-state index in [1.54, 1.807) is 5.48 Å². The Hall–Kier alpha value is -2.90. The zero-order chi connectivity index (χ0) is 24.5. The van der Waals surface area contributed by atoms with Crippen LogP contribution >= 0.6 is 0 Å². The number of fused-ring (bicyclic) bond motifs is 1. The molecule has 2 saturated heterocycles. The number of anilines is 1. The third kappa shape index (κ3) is 4.55. The third-order valence-electron chi connectivity index (χ3n) is 6.96. The highest BCUT2D eigenvalue weighted by Gasteiger charge is 2.47. The molecule has 0 saturated carbocycles. The molecule has 2 amide bonds. The monoisotopic (exact) mass is 494 g/mol. The van der Waals surface area contributed by atoms with E-state index in [-0.39, 0.29) is 39.0 Å². The summed E-state index contributed by atoms with van der Waals surface area (Å²) in [6.07, 6.45) is 0.760. The summed E-state index contributed by atoms with van der Waals surface area (Å²) in [6.45, 7) is 4.38. The number of carbonyl (C=O) groups is 2. The summed E-state index contributed by atoms with van der Waals surface area (Å²) in [5.74, 6) is -1.26. The van der Waals surface area contributed by atoms with Gasteiger partial charge in [-0.25, -0.2) is 18.7 Å². The second kappa shape index (κ2) is 9.39. The zero-order valence-electron chi connectivity index (χ0n) is 19.1. The topological polar surface area (TPSA) is 148 Å². The van der Waals surface area contributed by atoms with Crippen LogP contribution in [0.5, 0.6) is 0 Å². The van der Waals surface area contributed by atoms with Crippen LogP contribution in [0, 0.1) is 5.41 Å². The molecule has 186 valence electrons. The number of hydrogen-bond donors (Lipinski definition) is 3. The Kier molecular flexibility index (Phi) is 6.69. The van der Waals surface area contributed by atoms with E-state index in [1.165, 1.54) is 4.31 Å². The fourth-order valence-corrected chi connectivity index (χ4v) is 6.87. The molecule has 4 rings (SSSR count). The van der Waals surface area contributed by atoms with Gasteiger partial charge in [-0.15, -0.1) is 0 Å². The van der Waals surface area contributed by atoms with Crippen LogP contribution in [-0.2, 0) is 21.4 Å². The highest BCUT2D eigenvalue weighted by molar-refractivity contribution is 7.89. The van der Waals surface area contributed by atoms with Gasteiger partial charge in [0.15, 0.2) is 0 Å². The van der Waals surface area contributed by atoms with Gasteiger partial charge in [-0.1, -0.05) is 0 Å². The predicted octanol–water partition coefficient (Wildman–Crippen LogP) is 0.774. The molecule has 0 atom stereocenters. The number of aryl methyl sites for hydroxylation is 1. The number of amides is 2. The van der Waals surface area contributed by atoms with Gasteiger partial charge in [-0.2, -0.15) is 9.40 Å². The van der Waals surface area contributed by atoms with E-state index >= 15 is 0 Å². The summed E-state index contributed by atoms with van der Waals surface area (Å²) < 4.78 is 29.8. The number of carbonyl (C=O) groups excluding carboxylic acids is 1. The van der Waals surface area contributed by atoms with Crippen molar-refractivity contribution in [2.75, 3.05) is 49.9 Å².